The predicted octanol–water partition coefficient (Wildman–Crippen LogP) is 2.43. The number of carbonyl (C=O) groups is 1. The van der Waals surface area contributed by atoms with Gasteiger partial charge in [-0.15, -0.1) is 0 Å². The fraction of sp³-hybridized carbons (Fsp3) is 0.938. The topological polar surface area (TPSA) is 92.0 Å². The number of hydrogen-bond donors (Lipinski definition) is 2. The van der Waals surface area contributed by atoms with E-state index in [4.69, 9.17) is 24.7 Å². The number of hydrogen-bond acceptors (Lipinski definition) is 6. The number of nitrogens with one attached hydrogen (secondary N) is 1. The lowest BCUT2D eigenvalue weighted by Crippen LogP contribution is -2.26. The molecule has 1 amide bonds. The summed E-state index contributed by atoms with van der Waals surface area (Å²) in [6.07, 6.45) is 2.50. The molecule has 0 rings (SSSR count). The molecule has 0 aromatic carbocycles. The molecule has 0 bridgehead atoms. The van der Waals surface area contributed by atoms with Crippen LogP contribution in [0, 0.1) is 0 Å². The Balaban J connectivity index is -0.000000409. The number of rotatable bonds is 14. The third-order valence-corrected chi connectivity index (χ3v) is 2.25. The Labute approximate surface area is 144 Å². The zero-order valence-corrected chi connectivity index (χ0v) is 15.1. The van der Waals surface area contributed by atoms with Gasteiger partial charge in [0.05, 0.1) is 33.0 Å². The molecule has 0 aromatic rings. The lowest BCUT2D eigenvalue weighted by atomic mass is 10.4. The van der Waals surface area contributed by atoms with Crippen LogP contribution in [0.1, 0.15) is 42.9 Å². The molecule has 0 fully saturated rings. The molecule has 0 aliphatic carbocycles. The van der Waals surface area contributed by atoms with Crippen molar-refractivity contribution in [3.05, 3.63) is 0 Å². The normalized spacial score (nSPS) is 9.91. The van der Waals surface area contributed by atoms with E-state index in [0.29, 0.717) is 59.3 Å². The van der Waals surface area contributed by atoms with Crippen LogP contribution in [0.15, 0.2) is 0 Å². The van der Waals surface area contributed by atoms with Crippen molar-refractivity contribution >= 4 is 6.09 Å². The minimum atomic E-state index is -0.384. The van der Waals surface area contributed by atoms with Gasteiger partial charge in [0.15, 0.2) is 0 Å². The van der Waals surface area contributed by atoms with E-state index in [2.05, 4.69) is 19.2 Å². The first-order chi connectivity index (χ1) is 11.2. The van der Waals surface area contributed by atoms with Gasteiger partial charge in [0.2, 0.25) is 0 Å². The smallest absolute Gasteiger partial charge is 0.407 e. The van der Waals surface area contributed by atoms with E-state index in [9.17, 15) is 4.79 Å². The monoisotopic (exact) mass is 340 g/mol. The van der Waals surface area contributed by atoms with Gasteiger partial charge in [-0.1, -0.05) is 20.3 Å². The first kappa shape index (κ1) is 24.4. The van der Waals surface area contributed by atoms with E-state index in [-0.39, 0.29) is 8.95 Å². The first-order valence-corrected chi connectivity index (χ1v) is 8.56. The Hall–Kier alpha value is -0.890. The maximum atomic E-state index is 10.9. The highest BCUT2D eigenvalue weighted by Crippen LogP contribution is 1.85. The van der Waals surface area contributed by atoms with E-state index in [1.165, 1.54) is 6.42 Å². The molecule has 0 saturated heterocycles. The molecule has 7 heteroatoms. The van der Waals surface area contributed by atoms with Crippen LogP contribution in [0.2, 0.25) is 0 Å². The molecular formula is C16H40N2O5. The Bertz CT molecular complexity index is 241. The van der Waals surface area contributed by atoms with Crippen molar-refractivity contribution in [2.45, 2.75) is 40.0 Å². The Morgan fingerprint density at radius 1 is 0.913 bits per heavy atom. The van der Waals surface area contributed by atoms with Crippen molar-refractivity contribution in [1.82, 2.24) is 5.32 Å². The highest BCUT2D eigenvalue weighted by Gasteiger charge is 1.98. The summed E-state index contributed by atoms with van der Waals surface area (Å²) in [5.74, 6) is 0. The second-order valence-electron chi connectivity index (χ2n) is 4.69. The highest BCUT2D eigenvalue weighted by atomic mass is 16.5. The van der Waals surface area contributed by atoms with Crippen molar-refractivity contribution in [2.75, 3.05) is 59.3 Å². The van der Waals surface area contributed by atoms with Gasteiger partial charge < -0.3 is 30.0 Å². The predicted molar refractivity (Wildman–Crippen MR) is 96.0 cm³/mol. The fourth-order valence-corrected chi connectivity index (χ4v) is 1.27. The van der Waals surface area contributed by atoms with Crippen molar-refractivity contribution in [1.29, 1.82) is 0 Å². The Morgan fingerprint density at radius 3 is 1.87 bits per heavy atom. The fourth-order valence-electron chi connectivity index (χ4n) is 1.27. The molecule has 0 aromatic heterocycles. The molecule has 0 aliphatic rings. The quantitative estimate of drug-likeness (QED) is 0.472. The lowest BCUT2D eigenvalue weighted by Gasteiger charge is -2.07. The molecule has 23 heavy (non-hydrogen) atoms. The van der Waals surface area contributed by atoms with Gasteiger partial charge in [-0.25, -0.2) is 4.79 Å². The van der Waals surface area contributed by atoms with Crippen LogP contribution in [0.25, 0.3) is 0 Å². The summed E-state index contributed by atoms with van der Waals surface area (Å²) in [7, 11) is 0. The first-order valence-electron chi connectivity index (χ1n) is 8.56. The van der Waals surface area contributed by atoms with Gasteiger partial charge in [0.25, 0.3) is 0 Å². The minimum Gasteiger partial charge on any atom is -0.450 e. The molecular weight excluding hydrogens is 300 g/mol. The van der Waals surface area contributed by atoms with Gasteiger partial charge in [-0.2, -0.15) is 0 Å². The zero-order valence-electron chi connectivity index (χ0n) is 15.1. The lowest BCUT2D eigenvalue weighted by molar-refractivity contribution is 0.0141. The van der Waals surface area contributed by atoms with Crippen LogP contribution < -0.4 is 11.1 Å². The van der Waals surface area contributed by atoms with E-state index >= 15 is 0 Å². The van der Waals surface area contributed by atoms with Gasteiger partial charge >= 0.3 is 6.09 Å². The molecule has 0 radical (unpaired) electrons. The molecule has 0 heterocycles. The second-order valence-corrected chi connectivity index (χ2v) is 4.69. The summed E-state index contributed by atoms with van der Waals surface area (Å²) >= 11 is 0. The summed E-state index contributed by atoms with van der Waals surface area (Å²) < 4.78 is 20.7. The molecule has 0 saturated carbocycles. The molecule has 3 N–H and O–H groups in total. The maximum Gasteiger partial charge on any atom is 0.407 e. The van der Waals surface area contributed by atoms with Crippen molar-refractivity contribution in [3.63, 3.8) is 0 Å². The van der Waals surface area contributed by atoms with Crippen LogP contribution in [0.4, 0.5) is 4.79 Å². The minimum absolute atomic E-state index is 0. The third kappa shape index (κ3) is 26.3. The van der Waals surface area contributed by atoms with Crippen molar-refractivity contribution < 1.29 is 26.6 Å². The van der Waals surface area contributed by atoms with Crippen LogP contribution >= 0.6 is 0 Å². The summed E-state index contributed by atoms with van der Waals surface area (Å²) in [6.45, 7) is 11.1. The number of amides is 1. The number of nitrogens with two attached hydrogens (primary N) is 1. The Morgan fingerprint density at radius 2 is 1.39 bits per heavy atom. The largest absolute Gasteiger partial charge is 0.450 e. The molecule has 0 spiro atoms. The van der Waals surface area contributed by atoms with E-state index in [0.717, 1.165) is 12.8 Å². The standard InChI is InChI=1S/C13H28N2O5.C3H8.2H2/c1-2-20-13(16)15-6-4-8-18-10-12-19-11-9-17-7-3-5-14;1-3-2;;/h2-12,14H2,1H3,(H,15,16);3H2,1-2H3;2*1H. The zero-order chi connectivity index (χ0) is 17.6. The van der Waals surface area contributed by atoms with Crippen LogP contribution in [0.5, 0.6) is 0 Å². The number of alkyl carbamates (subject to hydrolysis) is 1. The molecule has 144 valence electrons. The van der Waals surface area contributed by atoms with Crippen LogP contribution in [-0.4, -0.2) is 65.4 Å². The second kappa shape index (κ2) is 23.4. The summed E-state index contributed by atoms with van der Waals surface area (Å²) in [4.78, 5) is 10.9. The van der Waals surface area contributed by atoms with E-state index < -0.39 is 0 Å². The van der Waals surface area contributed by atoms with E-state index in [1.54, 1.807) is 6.92 Å². The third-order valence-electron chi connectivity index (χ3n) is 2.25. The highest BCUT2D eigenvalue weighted by molar-refractivity contribution is 5.66. The van der Waals surface area contributed by atoms with Gasteiger partial charge in [0.1, 0.15) is 0 Å². The number of ether oxygens (including phenoxy) is 4. The van der Waals surface area contributed by atoms with E-state index in [1.807, 2.05) is 0 Å². The maximum absolute atomic E-state index is 10.9. The molecule has 7 nitrogen and oxygen atoms in total. The number of carbonyl (C=O) groups excluding carboxylic acids is 1. The van der Waals surface area contributed by atoms with Gasteiger partial charge in [-0.05, 0) is 26.3 Å². The summed E-state index contributed by atoms with van der Waals surface area (Å²) in [5.41, 5.74) is 5.33. The average Bonchev–Trinajstić information content (AvgIpc) is 2.53. The molecule has 0 atom stereocenters. The van der Waals surface area contributed by atoms with Crippen LogP contribution in [-0.2, 0) is 18.9 Å². The van der Waals surface area contributed by atoms with Crippen LogP contribution in [0.3, 0.4) is 0 Å². The molecule has 0 aliphatic heterocycles. The van der Waals surface area contributed by atoms with Crippen molar-refractivity contribution in [2.24, 2.45) is 5.73 Å². The molecule has 0 unspecified atom stereocenters. The van der Waals surface area contributed by atoms with Gasteiger partial charge in [0, 0.05) is 22.6 Å². The van der Waals surface area contributed by atoms with Crippen molar-refractivity contribution in [3.8, 4) is 0 Å². The Kier molecular flexibility index (Phi) is 24.8. The SMILES string of the molecule is CCC.CCOC(=O)NCCCOCCOCCOCCCN.[HH].[HH]. The summed E-state index contributed by atoms with van der Waals surface area (Å²) in [6, 6.07) is 0. The van der Waals surface area contributed by atoms with Gasteiger partial charge in [-0.3, -0.25) is 0 Å². The average molecular weight is 341 g/mol. The summed E-state index contributed by atoms with van der Waals surface area (Å²) in [5, 5.41) is 2.62.